The molecule has 0 radical (unpaired) electrons. The van der Waals surface area contributed by atoms with E-state index >= 15 is 0 Å². The van der Waals surface area contributed by atoms with E-state index < -0.39 is 41.9 Å². The van der Waals surface area contributed by atoms with E-state index in [1.54, 1.807) is 19.1 Å². The lowest BCUT2D eigenvalue weighted by Gasteiger charge is -2.41. The fourth-order valence-corrected chi connectivity index (χ4v) is 7.72. The highest BCUT2D eigenvalue weighted by Gasteiger charge is 2.39. The van der Waals surface area contributed by atoms with E-state index in [-0.39, 0.29) is 31.3 Å². The van der Waals surface area contributed by atoms with Gasteiger partial charge >= 0.3 is 0 Å². The fraction of sp³-hybridized carbons (Fsp3) is 0.553. The Morgan fingerprint density at radius 1 is 0.780 bits per heavy atom. The van der Waals surface area contributed by atoms with Crippen LogP contribution in [-0.4, -0.2) is 114 Å². The number of hydrogen-bond donors (Lipinski definition) is 3. The first kappa shape index (κ1) is 35.4. The van der Waals surface area contributed by atoms with E-state index in [1.165, 1.54) is 24.2 Å². The van der Waals surface area contributed by atoms with Gasteiger partial charge in [-0.25, -0.2) is 0 Å². The molecule has 2 aromatic rings. The SMILES string of the molecule is C[C@@H]1NC(=O)[C@H]2CCCN2C(=O)[C@@H](Cc2ccccc2)NC(=O)COc2ccc(cc2)C[C@@H](C(=O)N2CCC(N3CCCCC3)CC2)NC1=O. The first-order valence-corrected chi connectivity index (χ1v) is 18.2. The first-order valence-electron chi connectivity index (χ1n) is 18.2. The Labute approximate surface area is 294 Å². The van der Waals surface area contributed by atoms with Crippen molar-refractivity contribution in [2.24, 2.45) is 0 Å². The van der Waals surface area contributed by atoms with Crippen LogP contribution < -0.4 is 20.7 Å². The van der Waals surface area contributed by atoms with Gasteiger partial charge < -0.3 is 35.4 Å². The Kier molecular flexibility index (Phi) is 11.7. The van der Waals surface area contributed by atoms with Crippen molar-refractivity contribution >= 4 is 29.5 Å². The molecule has 3 saturated heterocycles. The van der Waals surface area contributed by atoms with Crippen LogP contribution in [0.2, 0.25) is 0 Å². The number of rotatable bonds is 4. The highest BCUT2D eigenvalue weighted by molar-refractivity contribution is 5.96. The topological polar surface area (TPSA) is 140 Å². The number of piperidine rings is 2. The summed E-state index contributed by atoms with van der Waals surface area (Å²) >= 11 is 0. The summed E-state index contributed by atoms with van der Waals surface area (Å²) < 4.78 is 5.78. The zero-order chi connectivity index (χ0) is 35.0. The molecular weight excluding hydrogens is 636 g/mol. The average Bonchev–Trinajstić information content (AvgIpc) is 3.64. The number of fused-ring (bicyclic) bond motifs is 13. The highest BCUT2D eigenvalue weighted by atomic mass is 16.5. The molecule has 5 aliphatic rings. The third-order valence-electron chi connectivity index (χ3n) is 10.5. The third-order valence-corrected chi connectivity index (χ3v) is 10.5. The molecule has 2 bridgehead atoms. The van der Waals surface area contributed by atoms with Crippen LogP contribution in [0, 0.1) is 0 Å². The summed E-state index contributed by atoms with van der Waals surface area (Å²) in [6, 6.07) is 13.5. The Hall–Kier alpha value is -4.45. The summed E-state index contributed by atoms with van der Waals surface area (Å²) in [5, 5.41) is 8.59. The molecule has 50 heavy (non-hydrogen) atoms. The molecule has 3 N–H and O–H groups in total. The first-order chi connectivity index (χ1) is 24.2. The van der Waals surface area contributed by atoms with Crippen molar-refractivity contribution in [3.8, 4) is 5.75 Å². The minimum atomic E-state index is -0.946. The van der Waals surface area contributed by atoms with Crippen LogP contribution in [0.3, 0.4) is 0 Å². The van der Waals surface area contributed by atoms with Gasteiger partial charge in [-0.15, -0.1) is 0 Å². The second kappa shape index (κ2) is 16.5. The van der Waals surface area contributed by atoms with E-state index in [0.29, 0.717) is 44.3 Å². The number of nitrogens with one attached hydrogen (secondary N) is 3. The summed E-state index contributed by atoms with van der Waals surface area (Å²) in [7, 11) is 0. The van der Waals surface area contributed by atoms with Crippen molar-refractivity contribution < 1.29 is 28.7 Å². The summed E-state index contributed by atoms with van der Waals surface area (Å²) in [4.78, 5) is 74.2. The second-order valence-electron chi connectivity index (χ2n) is 14.1. The van der Waals surface area contributed by atoms with Gasteiger partial charge in [0.25, 0.3) is 5.91 Å². The quantitative estimate of drug-likeness (QED) is 0.446. The van der Waals surface area contributed by atoms with Crippen LogP contribution in [-0.2, 0) is 36.8 Å². The van der Waals surface area contributed by atoms with Crippen LogP contribution in [0.25, 0.3) is 0 Å². The second-order valence-corrected chi connectivity index (χ2v) is 14.1. The number of hydrogen-bond acceptors (Lipinski definition) is 7. The molecular formula is C38H50N6O6. The van der Waals surface area contributed by atoms with Crippen LogP contribution >= 0.6 is 0 Å². The molecule has 5 amide bonds. The number of benzene rings is 2. The molecule has 4 atom stereocenters. The summed E-state index contributed by atoms with van der Waals surface area (Å²) in [6.07, 6.45) is 7.08. The van der Waals surface area contributed by atoms with Gasteiger partial charge in [0.2, 0.25) is 23.6 Å². The third kappa shape index (κ3) is 8.82. The zero-order valence-electron chi connectivity index (χ0n) is 29.0. The van der Waals surface area contributed by atoms with Gasteiger partial charge in [0.15, 0.2) is 6.61 Å². The molecule has 2 aromatic carbocycles. The summed E-state index contributed by atoms with van der Waals surface area (Å²) in [5.41, 5.74) is 1.68. The standard InChI is InChI=1S/C38H50N6O6/c1-26-35(46)41-31(37(48)43-21-16-29(17-22-43)42-18-6-3-7-19-42)24-28-12-14-30(15-13-28)50-25-34(45)40-32(23-27-9-4-2-5-10-27)38(49)44-20-8-11-33(44)36(47)39-26/h2,4-5,9-10,12-15,26,29,31-33H,3,6-8,11,16-25H2,1H3,(H,39,47)(H,40,45)(H,41,46)/t26-,31-,32+,33+/m0/s1. The number of nitrogens with zero attached hydrogens (tertiary/aromatic N) is 3. The maximum Gasteiger partial charge on any atom is 0.258 e. The number of carbonyl (C=O) groups is 5. The highest BCUT2D eigenvalue weighted by Crippen LogP contribution is 2.23. The van der Waals surface area contributed by atoms with E-state index in [1.807, 2.05) is 47.4 Å². The number of amides is 5. The van der Waals surface area contributed by atoms with Gasteiger partial charge in [-0.2, -0.15) is 0 Å². The Balaban J connectivity index is 1.19. The lowest BCUT2D eigenvalue weighted by molar-refractivity contribution is -0.142. The van der Waals surface area contributed by atoms with Gasteiger partial charge in [-0.05, 0) is 81.8 Å². The molecule has 12 nitrogen and oxygen atoms in total. The fourth-order valence-electron chi connectivity index (χ4n) is 7.72. The number of likely N-dealkylation sites (tertiary alicyclic amines) is 2. The Bertz CT molecular complexity index is 1510. The van der Waals surface area contributed by atoms with Gasteiger partial charge in [-0.3, -0.25) is 24.0 Å². The molecule has 0 spiro atoms. The number of carbonyl (C=O) groups excluding carboxylic acids is 5. The molecule has 12 heteroatoms. The Morgan fingerprint density at radius 3 is 2.22 bits per heavy atom. The van der Waals surface area contributed by atoms with Crippen molar-refractivity contribution in [2.75, 3.05) is 39.3 Å². The predicted octanol–water partition coefficient (Wildman–Crippen LogP) is 1.81. The van der Waals surface area contributed by atoms with Gasteiger partial charge in [0.05, 0.1) is 0 Å². The van der Waals surface area contributed by atoms with Crippen molar-refractivity contribution in [1.82, 2.24) is 30.7 Å². The molecule has 268 valence electrons. The Morgan fingerprint density at radius 2 is 1.50 bits per heavy atom. The lowest BCUT2D eigenvalue weighted by atomic mass is 9.98. The summed E-state index contributed by atoms with van der Waals surface area (Å²) in [5.74, 6) is -1.42. The minimum Gasteiger partial charge on any atom is -0.484 e. The molecule has 0 aliphatic carbocycles. The molecule has 7 rings (SSSR count). The summed E-state index contributed by atoms with van der Waals surface area (Å²) in [6.45, 7) is 5.14. The smallest absolute Gasteiger partial charge is 0.258 e. The predicted molar refractivity (Wildman–Crippen MR) is 187 cm³/mol. The van der Waals surface area contributed by atoms with Crippen LogP contribution in [0.15, 0.2) is 54.6 Å². The largest absolute Gasteiger partial charge is 0.484 e. The van der Waals surface area contributed by atoms with Crippen molar-refractivity contribution in [2.45, 2.75) is 94.9 Å². The van der Waals surface area contributed by atoms with E-state index in [0.717, 1.165) is 37.1 Å². The average molecular weight is 687 g/mol. The van der Waals surface area contributed by atoms with Gasteiger partial charge in [-0.1, -0.05) is 48.9 Å². The molecule has 0 saturated carbocycles. The molecule has 3 fully saturated rings. The van der Waals surface area contributed by atoms with Crippen LogP contribution in [0.4, 0.5) is 0 Å². The van der Waals surface area contributed by atoms with E-state index in [2.05, 4.69) is 20.9 Å². The van der Waals surface area contributed by atoms with E-state index in [4.69, 9.17) is 4.74 Å². The molecule has 0 unspecified atom stereocenters. The molecule has 5 heterocycles. The normalized spacial score (nSPS) is 26.5. The van der Waals surface area contributed by atoms with Crippen molar-refractivity contribution in [3.63, 3.8) is 0 Å². The van der Waals surface area contributed by atoms with Crippen molar-refractivity contribution in [3.05, 3.63) is 65.7 Å². The maximum absolute atomic E-state index is 14.0. The number of ether oxygens (including phenoxy) is 1. The maximum atomic E-state index is 14.0. The molecule has 0 aromatic heterocycles. The van der Waals surface area contributed by atoms with E-state index in [9.17, 15) is 24.0 Å². The monoisotopic (exact) mass is 686 g/mol. The van der Waals surface area contributed by atoms with Gasteiger partial charge in [0.1, 0.15) is 29.9 Å². The lowest BCUT2D eigenvalue weighted by Crippen LogP contribution is -2.58. The van der Waals surface area contributed by atoms with Crippen LogP contribution in [0.5, 0.6) is 5.75 Å². The minimum absolute atomic E-state index is 0.145. The van der Waals surface area contributed by atoms with Crippen molar-refractivity contribution in [1.29, 1.82) is 0 Å². The molecule has 5 aliphatic heterocycles. The van der Waals surface area contributed by atoms with Gasteiger partial charge in [0, 0.05) is 38.5 Å². The van der Waals surface area contributed by atoms with Crippen LogP contribution in [0.1, 0.15) is 63.0 Å². The zero-order valence-corrected chi connectivity index (χ0v) is 29.0.